The number of carbonyl (C=O) groups excluding carboxylic acids is 1. The number of amides is 1. The normalized spacial score (nSPS) is 10.3. The van der Waals surface area contributed by atoms with Crippen LogP contribution in [0, 0.1) is 0 Å². The van der Waals surface area contributed by atoms with Gasteiger partial charge in [0.2, 0.25) is 5.69 Å². The van der Waals surface area contributed by atoms with Crippen LogP contribution >= 0.6 is 0 Å². The van der Waals surface area contributed by atoms with Crippen LogP contribution in [0.4, 0.5) is 5.69 Å². The van der Waals surface area contributed by atoms with E-state index in [1.807, 2.05) is 0 Å². The first-order valence-corrected chi connectivity index (χ1v) is 7.35. The summed E-state index contributed by atoms with van der Waals surface area (Å²) < 4.78 is 16.2. The summed E-state index contributed by atoms with van der Waals surface area (Å²) in [4.78, 5) is 24.4. The van der Waals surface area contributed by atoms with E-state index in [0.717, 1.165) is 0 Å². The molecule has 25 heavy (non-hydrogen) atoms. The molecule has 1 aromatic heterocycles. The predicted molar refractivity (Wildman–Crippen MR) is 88.4 cm³/mol. The number of nitrogens with one attached hydrogen (secondary N) is 2. The van der Waals surface area contributed by atoms with Crippen molar-refractivity contribution in [2.45, 2.75) is 0 Å². The van der Waals surface area contributed by atoms with Crippen LogP contribution in [0.25, 0.3) is 5.69 Å². The van der Waals surface area contributed by atoms with Crippen LogP contribution in [0.1, 0.15) is 10.5 Å². The lowest BCUT2D eigenvalue weighted by molar-refractivity contribution is -0.672. The molecule has 8 heteroatoms. The Kier molecular flexibility index (Phi) is 4.51. The minimum atomic E-state index is -0.776. The number of methoxy groups -OCH3 is 2. The SMILES string of the molecule is COc1ccc(NC(=O)c2c(=O)o[nH][n+]2-c2ccc(OC)cc2)cc1. The van der Waals surface area contributed by atoms with Gasteiger partial charge in [0.1, 0.15) is 11.5 Å². The van der Waals surface area contributed by atoms with Crippen LogP contribution in [0.15, 0.2) is 57.8 Å². The molecule has 1 amide bonds. The van der Waals surface area contributed by atoms with E-state index < -0.39 is 11.5 Å². The number of ether oxygens (including phenoxy) is 2. The number of aromatic nitrogens is 2. The van der Waals surface area contributed by atoms with E-state index in [4.69, 9.17) is 14.0 Å². The van der Waals surface area contributed by atoms with Crippen LogP contribution in [-0.2, 0) is 0 Å². The zero-order chi connectivity index (χ0) is 17.8. The summed E-state index contributed by atoms with van der Waals surface area (Å²) in [5, 5.41) is 5.07. The van der Waals surface area contributed by atoms with Gasteiger partial charge in [-0.25, -0.2) is 4.79 Å². The van der Waals surface area contributed by atoms with E-state index in [2.05, 4.69) is 10.6 Å². The van der Waals surface area contributed by atoms with Crippen molar-refractivity contribution in [2.75, 3.05) is 19.5 Å². The van der Waals surface area contributed by atoms with Gasteiger partial charge in [-0.1, -0.05) is 0 Å². The molecule has 0 saturated heterocycles. The Morgan fingerprint density at radius 3 is 2.12 bits per heavy atom. The van der Waals surface area contributed by atoms with Gasteiger partial charge in [0, 0.05) is 17.8 Å². The molecule has 0 atom stereocenters. The van der Waals surface area contributed by atoms with E-state index in [9.17, 15) is 9.59 Å². The molecule has 0 unspecified atom stereocenters. The lowest BCUT2D eigenvalue weighted by Gasteiger charge is -2.03. The summed E-state index contributed by atoms with van der Waals surface area (Å²) >= 11 is 0. The van der Waals surface area contributed by atoms with Crippen molar-refractivity contribution in [1.29, 1.82) is 0 Å². The number of hydrogen-bond acceptors (Lipinski definition) is 5. The summed E-state index contributed by atoms with van der Waals surface area (Å²) in [6, 6.07) is 13.5. The third kappa shape index (κ3) is 3.37. The van der Waals surface area contributed by atoms with Crippen LogP contribution in [0.2, 0.25) is 0 Å². The van der Waals surface area contributed by atoms with Gasteiger partial charge in [-0.15, -0.1) is 0 Å². The van der Waals surface area contributed by atoms with Gasteiger partial charge >= 0.3 is 17.2 Å². The molecule has 0 saturated carbocycles. The number of carbonyl (C=O) groups is 1. The number of hydrogen-bond donors (Lipinski definition) is 2. The molecule has 2 aromatic carbocycles. The summed E-state index contributed by atoms with van der Waals surface area (Å²) in [5.41, 5.74) is 0.113. The Morgan fingerprint density at radius 2 is 1.56 bits per heavy atom. The summed E-state index contributed by atoms with van der Waals surface area (Å²) in [6.45, 7) is 0. The van der Waals surface area contributed by atoms with Crippen molar-refractivity contribution in [1.82, 2.24) is 5.27 Å². The Labute approximate surface area is 142 Å². The maximum atomic E-state index is 12.5. The Hall–Kier alpha value is -3.55. The van der Waals surface area contributed by atoms with Crippen molar-refractivity contribution in [3.05, 3.63) is 64.6 Å². The van der Waals surface area contributed by atoms with Crippen molar-refractivity contribution in [2.24, 2.45) is 0 Å². The first kappa shape index (κ1) is 16.3. The first-order valence-electron chi connectivity index (χ1n) is 7.35. The lowest BCUT2D eigenvalue weighted by atomic mass is 10.2. The van der Waals surface area contributed by atoms with Gasteiger partial charge < -0.3 is 14.8 Å². The van der Waals surface area contributed by atoms with E-state index in [1.54, 1.807) is 62.8 Å². The number of nitrogens with zero attached hydrogens (tertiary/aromatic N) is 1. The third-order valence-electron chi connectivity index (χ3n) is 3.54. The second-order valence-corrected chi connectivity index (χ2v) is 5.05. The minimum absolute atomic E-state index is 0.180. The second-order valence-electron chi connectivity index (χ2n) is 5.05. The van der Waals surface area contributed by atoms with Crippen LogP contribution in [0.3, 0.4) is 0 Å². The molecule has 3 aromatic rings. The van der Waals surface area contributed by atoms with Gasteiger partial charge in [0.15, 0.2) is 0 Å². The average Bonchev–Trinajstić information content (AvgIpc) is 3.04. The van der Waals surface area contributed by atoms with Gasteiger partial charge in [-0.05, 0) is 46.4 Å². The van der Waals surface area contributed by atoms with E-state index in [0.29, 0.717) is 22.9 Å². The molecule has 0 radical (unpaired) electrons. The summed E-state index contributed by atoms with van der Waals surface area (Å²) in [6.07, 6.45) is 0. The minimum Gasteiger partial charge on any atom is -0.497 e. The fourth-order valence-electron chi connectivity index (χ4n) is 2.24. The fourth-order valence-corrected chi connectivity index (χ4v) is 2.24. The highest BCUT2D eigenvalue weighted by atomic mass is 16.5. The zero-order valence-electron chi connectivity index (χ0n) is 13.6. The van der Waals surface area contributed by atoms with Crippen LogP contribution in [0.5, 0.6) is 11.5 Å². The molecule has 2 N–H and O–H groups in total. The highest BCUT2D eigenvalue weighted by Crippen LogP contribution is 2.15. The largest absolute Gasteiger partial charge is 0.497 e. The zero-order valence-corrected chi connectivity index (χ0v) is 13.6. The van der Waals surface area contributed by atoms with Gasteiger partial charge in [0.25, 0.3) is 0 Å². The van der Waals surface area contributed by atoms with Gasteiger partial charge in [-0.3, -0.25) is 9.32 Å². The van der Waals surface area contributed by atoms with Crippen molar-refractivity contribution in [3.63, 3.8) is 0 Å². The molecule has 0 aliphatic rings. The monoisotopic (exact) mass is 342 g/mol. The highest BCUT2D eigenvalue weighted by molar-refractivity contribution is 6.01. The third-order valence-corrected chi connectivity index (χ3v) is 3.54. The molecule has 0 spiro atoms. The molecular formula is C17H16N3O5+. The Bertz CT molecular complexity index is 926. The molecule has 3 rings (SSSR count). The molecule has 0 aliphatic heterocycles. The number of aromatic amines is 1. The standard InChI is InChI=1S/C17H15N3O5/c1-23-13-7-3-11(4-8-13)18-16(21)15-17(22)25-19-20(15)12-5-9-14(24-2)10-6-12/h3-10H,1-2H3,(H-,18,19,21,22)/p+1. The quantitative estimate of drug-likeness (QED) is 0.685. The maximum absolute atomic E-state index is 12.5. The Balaban J connectivity index is 1.89. The van der Waals surface area contributed by atoms with Crippen molar-refractivity contribution < 1.29 is 23.5 Å². The number of benzene rings is 2. The van der Waals surface area contributed by atoms with Crippen molar-refractivity contribution in [3.8, 4) is 17.2 Å². The molecule has 128 valence electrons. The Morgan fingerprint density at radius 1 is 1.00 bits per heavy atom. The van der Waals surface area contributed by atoms with Gasteiger partial charge in [0.05, 0.1) is 14.2 Å². The fraction of sp³-hybridized carbons (Fsp3) is 0.118. The molecule has 0 fully saturated rings. The van der Waals surface area contributed by atoms with E-state index >= 15 is 0 Å². The van der Waals surface area contributed by atoms with Gasteiger partial charge in [-0.2, -0.15) is 0 Å². The number of anilines is 1. The smallest absolute Gasteiger partial charge is 0.441 e. The molecule has 0 aliphatic carbocycles. The van der Waals surface area contributed by atoms with Crippen LogP contribution in [-0.4, -0.2) is 25.4 Å². The molecule has 0 bridgehead atoms. The second kappa shape index (κ2) is 6.91. The lowest BCUT2D eigenvalue weighted by Crippen LogP contribution is -2.42. The highest BCUT2D eigenvalue weighted by Gasteiger charge is 2.30. The predicted octanol–water partition coefficient (Wildman–Crippen LogP) is 1.51. The van der Waals surface area contributed by atoms with Crippen LogP contribution < -0.4 is 25.1 Å². The van der Waals surface area contributed by atoms with E-state index in [-0.39, 0.29) is 5.69 Å². The molecule has 1 heterocycles. The number of H-pyrrole nitrogens is 1. The average molecular weight is 342 g/mol. The maximum Gasteiger partial charge on any atom is 0.441 e. The topological polar surface area (TPSA) is 97.4 Å². The van der Waals surface area contributed by atoms with E-state index in [1.165, 1.54) is 4.68 Å². The number of rotatable bonds is 5. The molecular weight excluding hydrogens is 326 g/mol. The summed E-state index contributed by atoms with van der Waals surface area (Å²) in [7, 11) is 3.10. The van der Waals surface area contributed by atoms with Crippen molar-refractivity contribution >= 4 is 11.6 Å². The molecule has 8 nitrogen and oxygen atoms in total. The first-order chi connectivity index (χ1) is 12.1. The summed E-state index contributed by atoms with van der Waals surface area (Å²) in [5.74, 6) is 0.711.